The summed E-state index contributed by atoms with van der Waals surface area (Å²) in [6.07, 6.45) is 3.32. The molecule has 0 aromatic heterocycles. The van der Waals surface area contributed by atoms with Crippen LogP contribution in [-0.2, 0) is 11.2 Å². The van der Waals surface area contributed by atoms with Gasteiger partial charge >= 0.3 is 0 Å². The molecular formula is C19H22N2O. The molecule has 0 aliphatic rings. The highest BCUT2D eigenvalue weighted by molar-refractivity contribution is 5.79. The third kappa shape index (κ3) is 4.77. The van der Waals surface area contributed by atoms with Crippen molar-refractivity contribution in [2.75, 3.05) is 0 Å². The van der Waals surface area contributed by atoms with Gasteiger partial charge in [-0.05, 0) is 24.5 Å². The molecule has 0 heterocycles. The minimum atomic E-state index is -0.0553. The van der Waals surface area contributed by atoms with Crippen molar-refractivity contribution in [1.29, 1.82) is 0 Å². The Labute approximate surface area is 132 Å². The van der Waals surface area contributed by atoms with Crippen LogP contribution in [0, 0.1) is 6.92 Å². The van der Waals surface area contributed by atoms with Crippen LogP contribution in [0.4, 0.5) is 0 Å². The number of hydrogen-bond acceptors (Lipinski definition) is 2. The SMILES string of the molecule is CCC=C(NNC(=O)Cc1ccccc1)c1ccc(C)cc1. The van der Waals surface area contributed by atoms with Gasteiger partial charge in [0.15, 0.2) is 0 Å². The van der Waals surface area contributed by atoms with E-state index in [2.05, 4.69) is 42.9 Å². The maximum Gasteiger partial charge on any atom is 0.242 e. The predicted molar refractivity (Wildman–Crippen MR) is 90.9 cm³/mol. The zero-order valence-electron chi connectivity index (χ0n) is 13.1. The molecule has 0 aliphatic heterocycles. The molecule has 0 aliphatic carbocycles. The molecule has 2 aromatic rings. The van der Waals surface area contributed by atoms with E-state index in [1.807, 2.05) is 42.5 Å². The third-order valence-electron chi connectivity index (χ3n) is 3.31. The van der Waals surface area contributed by atoms with Gasteiger partial charge < -0.3 is 0 Å². The predicted octanol–water partition coefficient (Wildman–Crippen LogP) is 3.61. The summed E-state index contributed by atoms with van der Waals surface area (Å²) in [5.41, 5.74) is 10.0. The van der Waals surface area contributed by atoms with Gasteiger partial charge in [0.2, 0.25) is 5.91 Å². The molecule has 0 saturated carbocycles. The number of aryl methyl sites for hydroxylation is 1. The van der Waals surface area contributed by atoms with Crippen LogP contribution in [0.15, 0.2) is 60.7 Å². The van der Waals surface area contributed by atoms with E-state index in [9.17, 15) is 4.79 Å². The number of hydrogen-bond donors (Lipinski definition) is 2. The van der Waals surface area contributed by atoms with Gasteiger partial charge in [0.25, 0.3) is 0 Å². The van der Waals surface area contributed by atoms with Gasteiger partial charge in [-0.25, -0.2) is 0 Å². The van der Waals surface area contributed by atoms with E-state index >= 15 is 0 Å². The number of amides is 1. The van der Waals surface area contributed by atoms with Crippen molar-refractivity contribution in [2.24, 2.45) is 0 Å². The Morgan fingerprint density at radius 1 is 1.00 bits per heavy atom. The lowest BCUT2D eigenvalue weighted by atomic mass is 10.1. The van der Waals surface area contributed by atoms with Crippen LogP contribution in [0.3, 0.4) is 0 Å². The molecule has 0 atom stereocenters. The number of carbonyl (C=O) groups excluding carboxylic acids is 1. The Morgan fingerprint density at radius 3 is 2.32 bits per heavy atom. The highest BCUT2D eigenvalue weighted by atomic mass is 16.2. The molecule has 1 amide bonds. The van der Waals surface area contributed by atoms with E-state index in [0.717, 1.165) is 23.2 Å². The summed E-state index contributed by atoms with van der Waals surface area (Å²) in [4.78, 5) is 12.0. The molecule has 3 nitrogen and oxygen atoms in total. The summed E-state index contributed by atoms with van der Waals surface area (Å²) in [7, 11) is 0. The smallest absolute Gasteiger partial charge is 0.242 e. The average Bonchev–Trinajstić information content (AvgIpc) is 2.53. The van der Waals surface area contributed by atoms with Crippen LogP contribution in [0.2, 0.25) is 0 Å². The minimum Gasteiger partial charge on any atom is -0.298 e. The highest BCUT2D eigenvalue weighted by Crippen LogP contribution is 2.12. The number of rotatable bonds is 6. The fraction of sp³-hybridized carbons (Fsp3) is 0.211. The Balaban J connectivity index is 1.96. The van der Waals surface area contributed by atoms with Crippen LogP contribution in [0.1, 0.15) is 30.0 Å². The molecule has 0 saturated heterocycles. The van der Waals surface area contributed by atoms with E-state index in [1.54, 1.807) is 0 Å². The van der Waals surface area contributed by atoms with Crippen LogP contribution in [-0.4, -0.2) is 5.91 Å². The second-order valence-electron chi connectivity index (χ2n) is 5.23. The number of carbonyl (C=O) groups is 1. The molecule has 0 fully saturated rings. The number of nitrogens with one attached hydrogen (secondary N) is 2. The topological polar surface area (TPSA) is 41.1 Å². The van der Waals surface area contributed by atoms with Crippen molar-refractivity contribution in [3.05, 3.63) is 77.4 Å². The molecule has 0 radical (unpaired) electrons. The van der Waals surface area contributed by atoms with E-state index in [0.29, 0.717) is 6.42 Å². The van der Waals surface area contributed by atoms with Gasteiger partial charge in [-0.1, -0.05) is 73.2 Å². The Kier molecular flexibility index (Phi) is 5.78. The lowest BCUT2D eigenvalue weighted by molar-refractivity contribution is -0.121. The van der Waals surface area contributed by atoms with E-state index in [4.69, 9.17) is 0 Å². The lowest BCUT2D eigenvalue weighted by Gasteiger charge is -2.13. The Morgan fingerprint density at radius 2 is 1.68 bits per heavy atom. The van der Waals surface area contributed by atoms with Crippen LogP contribution in [0.5, 0.6) is 0 Å². The average molecular weight is 294 g/mol. The quantitative estimate of drug-likeness (QED) is 0.799. The summed E-state index contributed by atoms with van der Waals surface area (Å²) in [6.45, 7) is 4.13. The van der Waals surface area contributed by atoms with Crippen molar-refractivity contribution in [3.8, 4) is 0 Å². The van der Waals surface area contributed by atoms with Crippen LogP contribution in [0.25, 0.3) is 5.70 Å². The zero-order valence-corrected chi connectivity index (χ0v) is 13.1. The Hall–Kier alpha value is -2.55. The first-order chi connectivity index (χ1) is 10.7. The van der Waals surface area contributed by atoms with Crippen molar-refractivity contribution >= 4 is 11.6 Å². The maximum absolute atomic E-state index is 12.0. The summed E-state index contributed by atoms with van der Waals surface area (Å²) >= 11 is 0. The van der Waals surface area contributed by atoms with Gasteiger partial charge in [0, 0.05) is 0 Å². The summed E-state index contributed by atoms with van der Waals surface area (Å²) < 4.78 is 0. The summed E-state index contributed by atoms with van der Waals surface area (Å²) in [5.74, 6) is -0.0553. The van der Waals surface area contributed by atoms with Gasteiger partial charge in [0.1, 0.15) is 0 Å². The van der Waals surface area contributed by atoms with E-state index < -0.39 is 0 Å². The molecule has 2 N–H and O–H groups in total. The fourth-order valence-corrected chi connectivity index (χ4v) is 2.14. The fourth-order valence-electron chi connectivity index (χ4n) is 2.14. The molecular weight excluding hydrogens is 272 g/mol. The lowest BCUT2D eigenvalue weighted by Crippen LogP contribution is -2.37. The number of allylic oxidation sites excluding steroid dienone is 1. The molecule has 3 heteroatoms. The normalized spacial score (nSPS) is 11.1. The highest BCUT2D eigenvalue weighted by Gasteiger charge is 2.05. The number of benzene rings is 2. The van der Waals surface area contributed by atoms with Gasteiger partial charge in [-0.2, -0.15) is 0 Å². The van der Waals surface area contributed by atoms with Gasteiger partial charge in [-0.3, -0.25) is 15.6 Å². The molecule has 0 spiro atoms. The second-order valence-corrected chi connectivity index (χ2v) is 5.23. The monoisotopic (exact) mass is 294 g/mol. The molecule has 2 rings (SSSR count). The molecule has 0 unspecified atom stereocenters. The molecule has 2 aromatic carbocycles. The maximum atomic E-state index is 12.0. The van der Waals surface area contributed by atoms with Crippen molar-refractivity contribution in [3.63, 3.8) is 0 Å². The first kappa shape index (κ1) is 15.8. The summed E-state index contributed by atoms with van der Waals surface area (Å²) in [6, 6.07) is 17.9. The first-order valence-corrected chi connectivity index (χ1v) is 7.55. The summed E-state index contributed by atoms with van der Waals surface area (Å²) in [5, 5.41) is 0. The molecule has 0 bridgehead atoms. The van der Waals surface area contributed by atoms with Crippen molar-refractivity contribution in [1.82, 2.24) is 10.9 Å². The first-order valence-electron chi connectivity index (χ1n) is 7.55. The van der Waals surface area contributed by atoms with Gasteiger partial charge in [0.05, 0.1) is 12.1 Å². The molecule has 114 valence electrons. The van der Waals surface area contributed by atoms with Crippen molar-refractivity contribution < 1.29 is 4.79 Å². The molecule has 22 heavy (non-hydrogen) atoms. The second kappa shape index (κ2) is 8.03. The minimum absolute atomic E-state index is 0.0553. The zero-order chi connectivity index (χ0) is 15.8. The number of hydrazine groups is 1. The Bertz CT molecular complexity index is 630. The third-order valence-corrected chi connectivity index (χ3v) is 3.31. The van der Waals surface area contributed by atoms with Crippen molar-refractivity contribution in [2.45, 2.75) is 26.7 Å². The van der Waals surface area contributed by atoms with Crippen LogP contribution < -0.4 is 10.9 Å². The van der Waals surface area contributed by atoms with E-state index in [-0.39, 0.29) is 5.91 Å². The van der Waals surface area contributed by atoms with E-state index in [1.165, 1.54) is 5.56 Å². The van der Waals surface area contributed by atoms with Gasteiger partial charge in [-0.15, -0.1) is 0 Å². The standard InChI is InChI=1S/C19H22N2O/c1-3-7-18(17-12-10-15(2)11-13-17)20-21-19(22)14-16-8-5-4-6-9-16/h4-13,20H,3,14H2,1-2H3,(H,21,22). The van der Waals surface area contributed by atoms with Crippen LogP contribution >= 0.6 is 0 Å². The largest absolute Gasteiger partial charge is 0.298 e.